The molecule has 3 rings (SSSR count). The Hall–Kier alpha value is -2.21. The van der Waals surface area contributed by atoms with Gasteiger partial charge in [0.05, 0.1) is 5.56 Å². The number of alkyl halides is 3. The van der Waals surface area contributed by atoms with Crippen LogP contribution in [0.2, 0.25) is 0 Å². The monoisotopic (exact) mass is 337 g/mol. The van der Waals surface area contributed by atoms with Gasteiger partial charge < -0.3 is 14.8 Å². The third kappa shape index (κ3) is 3.82. The van der Waals surface area contributed by atoms with Crippen LogP contribution in [0.3, 0.4) is 0 Å². The van der Waals surface area contributed by atoms with Crippen molar-refractivity contribution in [3.8, 4) is 11.5 Å². The maximum absolute atomic E-state index is 12.6. The van der Waals surface area contributed by atoms with Crippen molar-refractivity contribution in [3.05, 3.63) is 59.2 Å². The molecule has 6 heteroatoms. The SMILES string of the molecule is CC(NCc1ccc2c(c1)OCCO2)c1ccc(C(F)(F)F)cc1. The molecule has 1 unspecified atom stereocenters. The van der Waals surface area contributed by atoms with Gasteiger partial charge in [-0.05, 0) is 42.3 Å². The third-order valence-electron chi connectivity index (χ3n) is 3.96. The number of ether oxygens (including phenoxy) is 2. The summed E-state index contributed by atoms with van der Waals surface area (Å²) in [5.41, 5.74) is 1.20. The molecule has 128 valence electrons. The van der Waals surface area contributed by atoms with Gasteiger partial charge in [0.2, 0.25) is 0 Å². The normalized spacial score (nSPS) is 15.2. The molecule has 0 fully saturated rings. The van der Waals surface area contributed by atoms with Crippen LogP contribution in [0.4, 0.5) is 13.2 Å². The molecule has 1 atom stereocenters. The van der Waals surface area contributed by atoms with E-state index >= 15 is 0 Å². The zero-order chi connectivity index (χ0) is 17.2. The van der Waals surface area contributed by atoms with E-state index in [1.165, 1.54) is 12.1 Å². The Morgan fingerprint density at radius 2 is 1.67 bits per heavy atom. The maximum atomic E-state index is 12.6. The summed E-state index contributed by atoms with van der Waals surface area (Å²) in [5, 5.41) is 3.30. The first-order valence-corrected chi connectivity index (χ1v) is 7.72. The fourth-order valence-corrected chi connectivity index (χ4v) is 2.55. The molecule has 0 aliphatic carbocycles. The topological polar surface area (TPSA) is 30.5 Å². The first-order chi connectivity index (χ1) is 11.4. The molecular formula is C18H18F3NO2. The first kappa shape index (κ1) is 16.6. The molecule has 1 aliphatic heterocycles. The van der Waals surface area contributed by atoms with Crippen LogP contribution in [-0.4, -0.2) is 13.2 Å². The second-order valence-corrected chi connectivity index (χ2v) is 5.70. The molecule has 0 aromatic heterocycles. The van der Waals surface area contributed by atoms with Crippen molar-refractivity contribution >= 4 is 0 Å². The van der Waals surface area contributed by atoms with Gasteiger partial charge in [0.1, 0.15) is 13.2 Å². The Morgan fingerprint density at radius 3 is 2.33 bits per heavy atom. The minimum Gasteiger partial charge on any atom is -0.486 e. The first-order valence-electron chi connectivity index (χ1n) is 7.72. The van der Waals surface area contributed by atoms with Crippen molar-refractivity contribution in [2.24, 2.45) is 0 Å². The molecule has 1 N–H and O–H groups in total. The van der Waals surface area contributed by atoms with Crippen LogP contribution >= 0.6 is 0 Å². The highest BCUT2D eigenvalue weighted by molar-refractivity contribution is 5.43. The van der Waals surface area contributed by atoms with Crippen molar-refractivity contribution in [2.75, 3.05) is 13.2 Å². The number of hydrogen-bond donors (Lipinski definition) is 1. The quantitative estimate of drug-likeness (QED) is 0.901. The van der Waals surface area contributed by atoms with E-state index in [0.717, 1.165) is 34.8 Å². The van der Waals surface area contributed by atoms with Gasteiger partial charge in [-0.15, -0.1) is 0 Å². The number of rotatable bonds is 4. The molecular weight excluding hydrogens is 319 g/mol. The fraction of sp³-hybridized carbons (Fsp3) is 0.333. The summed E-state index contributed by atoms with van der Waals surface area (Å²) in [7, 11) is 0. The molecule has 2 aromatic rings. The Labute approximate surface area is 138 Å². The molecule has 0 radical (unpaired) electrons. The van der Waals surface area contributed by atoms with Crippen LogP contribution in [0, 0.1) is 0 Å². The number of benzene rings is 2. The van der Waals surface area contributed by atoms with Gasteiger partial charge in [-0.2, -0.15) is 13.2 Å². The van der Waals surface area contributed by atoms with Crippen LogP contribution in [0.5, 0.6) is 11.5 Å². The zero-order valence-corrected chi connectivity index (χ0v) is 13.2. The highest BCUT2D eigenvalue weighted by Gasteiger charge is 2.30. The van der Waals surface area contributed by atoms with Crippen LogP contribution in [0.25, 0.3) is 0 Å². The molecule has 0 saturated heterocycles. The molecule has 0 amide bonds. The van der Waals surface area contributed by atoms with Gasteiger partial charge in [0.25, 0.3) is 0 Å². The lowest BCUT2D eigenvalue weighted by Crippen LogP contribution is -2.19. The Bertz CT molecular complexity index is 698. The van der Waals surface area contributed by atoms with E-state index in [1.54, 1.807) is 0 Å². The van der Waals surface area contributed by atoms with Crippen molar-refractivity contribution in [2.45, 2.75) is 25.7 Å². The molecule has 0 spiro atoms. The van der Waals surface area contributed by atoms with Gasteiger partial charge in [-0.1, -0.05) is 18.2 Å². The minimum absolute atomic E-state index is 0.0690. The molecule has 1 heterocycles. The van der Waals surface area contributed by atoms with E-state index in [-0.39, 0.29) is 6.04 Å². The van der Waals surface area contributed by atoms with E-state index < -0.39 is 11.7 Å². The van der Waals surface area contributed by atoms with Gasteiger partial charge in [-0.25, -0.2) is 0 Å². The molecule has 3 nitrogen and oxygen atoms in total. The van der Waals surface area contributed by atoms with Gasteiger partial charge in [0.15, 0.2) is 11.5 Å². The summed E-state index contributed by atoms with van der Waals surface area (Å²) < 4.78 is 48.8. The highest BCUT2D eigenvalue weighted by atomic mass is 19.4. The standard InChI is InChI=1S/C18H18F3NO2/c1-12(14-3-5-15(6-4-14)18(19,20)21)22-11-13-2-7-16-17(10-13)24-9-8-23-16/h2-7,10,12,22H,8-9,11H2,1H3. The Balaban J connectivity index is 1.62. The van der Waals surface area contributed by atoms with E-state index in [2.05, 4.69) is 5.32 Å². The maximum Gasteiger partial charge on any atom is 0.416 e. The van der Waals surface area contributed by atoms with Gasteiger partial charge >= 0.3 is 6.18 Å². The summed E-state index contributed by atoms with van der Waals surface area (Å²) in [6.07, 6.45) is -4.31. The van der Waals surface area contributed by atoms with Gasteiger partial charge in [-0.3, -0.25) is 0 Å². The van der Waals surface area contributed by atoms with Crippen LogP contribution in [0.15, 0.2) is 42.5 Å². The molecule has 0 bridgehead atoms. The summed E-state index contributed by atoms with van der Waals surface area (Å²) in [4.78, 5) is 0. The second-order valence-electron chi connectivity index (χ2n) is 5.70. The largest absolute Gasteiger partial charge is 0.486 e. The van der Waals surface area contributed by atoms with E-state index in [1.807, 2.05) is 25.1 Å². The zero-order valence-electron chi connectivity index (χ0n) is 13.2. The van der Waals surface area contributed by atoms with Crippen molar-refractivity contribution in [3.63, 3.8) is 0 Å². The average Bonchev–Trinajstić information content (AvgIpc) is 2.59. The minimum atomic E-state index is -4.31. The lowest BCUT2D eigenvalue weighted by molar-refractivity contribution is -0.137. The highest BCUT2D eigenvalue weighted by Crippen LogP contribution is 2.31. The summed E-state index contributed by atoms with van der Waals surface area (Å²) in [6.45, 7) is 3.58. The fourth-order valence-electron chi connectivity index (χ4n) is 2.55. The molecule has 0 saturated carbocycles. The number of fused-ring (bicyclic) bond motifs is 1. The smallest absolute Gasteiger partial charge is 0.416 e. The third-order valence-corrected chi connectivity index (χ3v) is 3.96. The van der Waals surface area contributed by atoms with E-state index in [4.69, 9.17) is 9.47 Å². The summed E-state index contributed by atoms with van der Waals surface area (Å²) in [6, 6.07) is 10.9. The second kappa shape index (κ2) is 6.73. The summed E-state index contributed by atoms with van der Waals surface area (Å²) >= 11 is 0. The lowest BCUT2D eigenvalue weighted by Gasteiger charge is -2.20. The summed E-state index contributed by atoms with van der Waals surface area (Å²) in [5.74, 6) is 1.46. The lowest BCUT2D eigenvalue weighted by atomic mass is 10.1. The number of nitrogens with one attached hydrogen (secondary N) is 1. The van der Waals surface area contributed by atoms with Crippen LogP contribution < -0.4 is 14.8 Å². The number of hydrogen-bond acceptors (Lipinski definition) is 3. The van der Waals surface area contributed by atoms with Crippen LogP contribution in [0.1, 0.15) is 29.7 Å². The van der Waals surface area contributed by atoms with Crippen molar-refractivity contribution in [1.82, 2.24) is 5.32 Å². The van der Waals surface area contributed by atoms with E-state index in [0.29, 0.717) is 19.8 Å². The van der Waals surface area contributed by atoms with Crippen LogP contribution in [-0.2, 0) is 12.7 Å². The van der Waals surface area contributed by atoms with Gasteiger partial charge in [0, 0.05) is 12.6 Å². The molecule has 2 aromatic carbocycles. The van der Waals surface area contributed by atoms with Crippen molar-refractivity contribution < 1.29 is 22.6 Å². The van der Waals surface area contributed by atoms with E-state index in [9.17, 15) is 13.2 Å². The molecule has 1 aliphatic rings. The predicted molar refractivity (Wildman–Crippen MR) is 84.1 cm³/mol. The number of halogens is 3. The predicted octanol–water partition coefficient (Wildman–Crippen LogP) is 4.33. The average molecular weight is 337 g/mol. The molecule has 24 heavy (non-hydrogen) atoms. The Morgan fingerprint density at radius 1 is 1.00 bits per heavy atom. The van der Waals surface area contributed by atoms with Crippen molar-refractivity contribution in [1.29, 1.82) is 0 Å². The Kier molecular flexibility index (Phi) is 4.66.